The van der Waals surface area contributed by atoms with Crippen LogP contribution < -0.4 is 5.73 Å². The summed E-state index contributed by atoms with van der Waals surface area (Å²) in [6.45, 7) is 0. The van der Waals surface area contributed by atoms with Gasteiger partial charge in [0.1, 0.15) is 6.04 Å². The zero-order valence-electron chi connectivity index (χ0n) is 7.36. The summed E-state index contributed by atoms with van der Waals surface area (Å²) in [7, 11) is 0. The molecule has 0 bridgehead atoms. The molecule has 0 heterocycles. The highest BCUT2D eigenvalue weighted by Crippen LogP contribution is 2.31. The predicted octanol–water partition coefficient (Wildman–Crippen LogP) is 2.16. The molecule has 1 atom stereocenters. The van der Waals surface area contributed by atoms with Gasteiger partial charge >= 0.3 is 6.18 Å². The van der Waals surface area contributed by atoms with Crippen LogP contribution in [0.2, 0.25) is 0 Å². The maximum Gasteiger partial charge on any atom is 0.407 e. The van der Waals surface area contributed by atoms with Gasteiger partial charge in [-0.15, -0.1) is 0 Å². The first-order chi connectivity index (χ1) is 6.82. The Hall–Kier alpha value is -1.63. The Morgan fingerprint density at radius 3 is 2.47 bits per heavy atom. The lowest BCUT2D eigenvalue weighted by Gasteiger charge is -2.15. The Balaban J connectivity index is 3.06. The summed E-state index contributed by atoms with van der Waals surface area (Å²) in [4.78, 5) is 9.54. The third-order valence-corrected chi connectivity index (χ3v) is 1.79. The van der Waals surface area contributed by atoms with E-state index in [-0.39, 0.29) is 5.56 Å². The van der Waals surface area contributed by atoms with Gasteiger partial charge in [-0.1, -0.05) is 12.1 Å². The molecule has 0 aromatic heterocycles. The van der Waals surface area contributed by atoms with Crippen LogP contribution in [0.5, 0.6) is 0 Å². The van der Waals surface area contributed by atoms with E-state index >= 15 is 0 Å². The van der Waals surface area contributed by atoms with Crippen LogP contribution in [0.25, 0.3) is 0 Å². The molecule has 15 heavy (non-hydrogen) atoms. The van der Waals surface area contributed by atoms with Crippen molar-refractivity contribution in [1.82, 2.24) is 0 Å². The monoisotopic (exact) mass is 220 g/mol. The number of alkyl halides is 3. The topological polar surface area (TPSA) is 69.2 Å². The summed E-state index contributed by atoms with van der Waals surface area (Å²) in [6.07, 6.45) is -4.60. The third kappa shape index (κ3) is 2.66. The third-order valence-electron chi connectivity index (χ3n) is 1.79. The van der Waals surface area contributed by atoms with Gasteiger partial charge in [0.2, 0.25) is 0 Å². The largest absolute Gasteiger partial charge is 0.407 e. The summed E-state index contributed by atoms with van der Waals surface area (Å²) < 4.78 is 36.5. The molecule has 0 radical (unpaired) electrons. The van der Waals surface area contributed by atoms with E-state index in [1.165, 1.54) is 6.07 Å². The fourth-order valence-electron chi connectivity index (χ4n) is 1.02. The van der Waals surface area contributed by atoms with Crippen molar-refractivity contribution in [1.29, 1.82) is 0 Å². The lowest BCUT2D eigenvalue weighted by molar-refractivity contribution is -0.385. The number of nitrogens with zero attached hydrogens (tertiary/aromatic N) is 1. The molecule has 0 saturated heterocycles. The minimum atomic E-state index is -4.60. The van der Waals surface area contributed by atoms with Gasteiger partial charge in [0.05, 0.1) is 4.92 Å². The Bertz CT molecular complexity index is 378. The van der Waals surface area contributed by atoms with Gasteiger partial charge in [0, 0.05) is 12.1 Å². The van der Waals surface area contributed by atoms with E-state index in [1.54, 1.807) is 0 Å². The second-order valence-corrected chi connectivity index (χ2v) is 2.87. The Kier molecular flexibility index (Phi) is 2.94. The average molecular weight is 220 g/mol. The summed E-state index contributed by atoms with van der Waals surface area (Å²) in [5.41, 5.74) is 4.16. The van der Waals surface area contributed by atoms with Crippen molar-refractivity contribution < 1.29 is 18.1 Å². The number of nitro benzene ring substituents is 1. The van der Waals surface area contributed by atoms with Crippen LogP contribution in [0, 0.1) is 10.1 Å². The molecule has 4 nitrogen and oxygen atoms in total. The van der Waals surface area contributed by atoms with Crippen molar-refractivity contribution in [2.24, 2.45) is 5.73 Å². The zero-order chi connectivity index (χ0) is 11.6. The molecule has 0 unspecified atom stereocenters. The summed E-state index contributed by atoms with van der Waals surface area (Å²) >= 11 is 0. The lowest BCUT2D eigenvalue weighted by atomic mass is 10.1. The van der Waals surface area contributed by atoms with Gasteiger partial charge in [-0.05, 0) is 5.56 Å². The van der Waals surface area contributed by atoms with E-state index in [4.69, 9.17) is 5.73 Å². The van der Waals surface area contributed by atoms with Gasteiger partial charge in [0.25, 0.3) is 5.69 Å². The summed E-state index contributed by atoms with van der Waals surface area (Å²) in [5.74, 6) is 0. The maximum atomic E-state index is 12.2. The standard InChI is InChI=1S/C8H7F3N2O2/c9-8(10,11)7(12)5-2-1-3-6(4-5)13(14)15/h1-4,7H,12H2/t7-/m1/s1. The second-order valence-electron chi connectivity index (χ2n) is 2.87. The van der Waals surface area contributed by atoms with E-state index in [0.717, 1.165) is 18.2 Å². The van der Waals surface area contributed by atoms with Crippen molar-refractivity contribution in [3.8, 4) is 0 Å². The Morgan fingerprint density at radius 1 is 1.40 bits per heavy atom. The van der Waals surface area contributed by atoms with E-state index in [1.807, 2.05) is 0 Å². The molecular weight excluding hydrogens is 213 g/mol. The maximum absolute atomic E-state index is 12.2. The zero-order valence-corrected chi connectivity index (χ0v) is 7.36. The number of non-ortho nitro benzene ring substituents is 1. The molecule has 0 aliphatic rings. The number of benzene rings is 1. The fraction of sp³-hybridized carbons (Fsp3) is 0.250. The number of nitrogens with two attached hydrogens (primary N) is 1. The van der Waals surface area contributed by atoms with Crippen molar-refractivity contribution >= 4 is 5.69 Å². The molecular formula is C8H7F3N2O2. The van der Waals surface area contributed by atoms with Crippen molar-refractivity contribution in [3.63, 3.8) is 0 Å². The highest BCUT2D eigenvalue weighted by molar-refractivity contribution is 5.36. The molecule has 0 spiro atoms. The normalized spacial score (nSPS) is 13.6. The van der Waals surface area contributed by atoms with Crippen molar-refractivity contribution in [2.75, 3.05) is 0 Å². The first kappa shape index (κ1) is 11.4. The molecule has 0 amide bonds. The molecule has 0 fully saturated rings. The van der Waals surface area contributed by atoms with Crippen LogP contribution in [0.4, 0.5) is 18.9 Å². The Morgan fingerprint density at radius 2 is 2.00 bits per heavy atom. The molecule has 0 aliphatic carbocycles. The lowest BCUT2D eigenvalue weighted by Crippen LogP contribution is -2.28. The number of rotatable bonds is 2. The molecule has 7 heteroatoms. The molecule has 1 rings (SSSR count). The number of nitro groups is 1. The average Bonchev–Trinajstić information content (AvgIpc) is 2.15. The van der Waals surface area contributed by atoms with Crippen LogP contribution in [-0.2, 0) is 0 Å². The minimum absolute atomic E-state index is 0.322. The first-order valence-corrected chi connectivity index (χ1v) is 3.89. The van der Waals surface area contributed by atoms with E-state index in [0.29, 0.717) is 0 Å². The van der Waals surface area contributed by atoms with Gasteiger partial charge in [-0.2, -0.15) is 13.2 Å². The number of hydrogen-bond acceptors (Lipinski definition) is 3. The van der Waals surface area contributed by atoms with Gasteiger partial charge in [-0.25, -0.2) is 0 Å². The van der Waals surface area contributed by atoms with Crippen LogP contribution >= 0.6 is 0 Å². The predicted molar refractivity (Wildman–Crippen MR) is 46.1 cm³/mol. The highest BCUT2D eigenvalue weighted by Gasteiger charge is 2.38. The van der Waals surface area contributed by atoms with Gasteiger partial charge < -0.3 is 5.73 Å². The van der Waals surface area contributed by atoms with E-state index < -0.39 is 22.8 Å². The Labute approximate surface area is 82.7 Å². The molecule has 0 saturated carbocycles. The minimum Gasteiger partial charge on any atom is -0.316 e. The quantitative estimate of drug-likeness (QED) is 0.613. The van der Waals surface area contributed by atoms with Crippen LogP contribution in [0.15, 0.2) is 24.3 Å². The van der Waals surface area contributed by atoms with Crippen molar-refractivity contribution in [3.05, 3.63) is 39.9 Å². The van der Waals surface area contributed by atoms with Gasteiger partial charge in [-0.3, -0.25) is 10.1 Å². The van der Waals surface area contributed by atoms with E-state index in [2.05, 4.69) is 0 Å². The second kappa shape index (κ2) is 3.85. The van der Waals surface area contributed by atoms with Crippen LogP contribution in [0.3, 0.4) is 0 Å². The van der Waals surface area contributed by atoms with Crippen LogP contribution in [-0.4, -0.2) is 11.1 Å². The SMILES string of the molecule is N[C@H](c1cccc([N+](=O)[O-])c1)C(F)(F)F. The summed E-state index contributed by atoms with van der Waals surface area (Å²) in [5, 5.41) is 10.3. The molecule has 0 aliphatic heterocycles. The molecule has 82 valence electrons. The van der Waals surface area contributed by atoms with E-state index in [9.17, 15) is 23.3 Å². The first-order valence-electron chi connectivity index (χ1n) is 3.89. The van der Waals surface area contributed by atoms with Crippen LogP contribution in [0.1, 0.15) is 11.6 Å². The molecule has 1 aromatic rings. The van der Waals surface area contributed by atoms with Crippen molar-refractivity contribution in [2.45, 2.75) is 12.2 Å². The number of halogens is 3. The molecule has 2 N–H and O–H groups in total. The highest BCUT2D eigenvalue weighted by atomic mass is 19.4. The fourth-order valence-corrected chi connectivity index (χ4v) is 1.02. The smallest absolute Gasteiger partial charge is 0.316 e. The molecule has 1 aromatic carbocycles. The van der Waals surface area contributed by atoms with Gasteiger partial charge in [0.15, 0.2) is 0 Å². The number of hydrogen-bond donors (Lipinski definition) is 1. The summed E-state index contributed by atoms with van der Waals surface area (Å²) in [6, 6.07) is 1.99.